The van der Waals surface area contributed by atoms with E-state index in [1.807, 2.05) is 7.05 Å². The van der Waals surface area contributed by atoms with E-state index in [0.29, 0.717) is 18.3 Å². The average Bonchev–Trinajstić information content (AvgIpc) is 2.28. The van der Waals surface area contributed by atoms with Crippen LogP contribution in [0.5, 0.6) is 0 Å². The van der Waals surface area contributed by atoms with Crippen LogP contribution in [-0.2, 0) is 0 Å². The molecule has 6 nitrogen and oxygen atoms in total. The fourth-order valence-electron chi connectivity index (χ4n) is 1.53. The summed E-state index contributed by atoms with van der Waals surface area (Å²) < 4.78 is 0. The predicted octanol–water partition coefficient (Wildman–Crippen LogP) is 1.93. The summed E-state index contributed by atoms with van der Waals surface area (Å²) in [5.41, 5.74) is 6.21. The fourth-order valence-corrected chi connectivity index (χ4v) is 1.53. The van der Waals surface area contributed by atoms with Crippen molar-refractivity contribution in [3.8, 4) is 0 Å². The molecule has 0 amide bonds. The number of nitrogens with zero attached hydrogens (tertiary/aromatic N) is 2. The van der Waals surface area contributed by atoms with Crippen molar-refractivity contribution in [2.24, 2.45) is 0 Å². The van der Waals surface area contributed by atoms with Crippen LogP contribution in [0.25, 0.3) is 0 Å². The van der Waals surface area contributed by atoms with Gasteiger partial charge in [-0.15, -0.1) is 0 Å². The Balaban J connectivity index is 2.68. The van der Waals surface area contributed by atoms with E-state index >= 15 is 0 Å². The minimum Gasteiger partial charge on any atom is -0.393 e. The standard InChI is InChI=1S/C12H20N4O2/c1-9(2)15(3)8-7-14-11-6-4-5-10(13)12(11)16(17)18/h4-6,9,14H,7-8,13H2,1-3H3. The number of nitro groups is 1. The van der Waals surface area contributed by atoms with Gasteiger partial charge < -0.3 is 16.0 Å². The highest BCUT2D eigenvalue weighted by Gasteiger charge is 2.17. The van der Waals surface area contributed by atoms with Gasteiger partial charge in [0.15, 0.2) is 0 Å². The van der Waals surface area contributed by atoms with Crippen LogP contribution in [0.3, 0.4) is 0 Å². The third-order valence-electron chi connectivity index (χ3n) is 2.91. The predicted molar refractivity (Wildman–Crippen MR) is 73.8 cm³/mol. The van der Waals surface area contributed by atoms with Crippen molar-refractivity contribution in [3.05, 3.63) is 28.3 Å². The monoisotopic (exact) mass is 252 g/mol. The third kappa shape index (κ3) is 3.59. The van der Waals surface area contributed by atoms with E-state index < -0.39 is 4.92 Å². The molecular weight excluding hydrogens is 232 g/mol. The minimum atomic E-state index is -0.455. The van der Waals surface area contributed by atoms with E-state index in [1.165, 1.54) is 6.07 Å². The summed E-state index contributed by atoms with van der Waals surface area (Å²) in [6, 6.07) is 5.35. The van der Waals surface area contributed by atoms with Gasteiger partial charge in [0.25, 0.3) is 0 Å². The number of benzene rings is 1. The summed E-state index contributed by atoms with van der Waals surface area (Å²) in [6.45, 7) is 5.65. The number of hydrogen-bond donors (Lipinski definition) is 2. The molecular formula is C12H20N4O2. The summed E-state index contributed by atoms with van der Waals surface area (Å²) in [5, 5.41) is 14.0. The number of para-hydroxylation sites is 1. The summed E-state index contributed by atoms with van der Waals surface area (Å²) in [4.78, 5) is 12.6. The molecule has 0 aliphatic rings. The van der Waals surface area contributed by atoms with E-state index in [0.717, 1.165) is 6.54 Å². The Labute approximate surface area is 107 Å². The smallest absolute Gasteiger partial charge is 0.314 e. The number of hydrogen-bond acceptors (Lipinski definition) is 5. The molecule has 1 aromatic carbocycles. The lowest BCUT2D eigenvalue weighted by Gasteiger charge is -2.21. The Morgan fingerprint density at radius 2 is 2.17 bits per heavy atom. The van der Waals surface area contributed by atoms with Crippen LogP contribution in [0, 0.1) is 10.1 Å². The molecule has 0 aliphatic carbocycles. The average molecular weight is 252 g/mol. The van der Waals surface area contributed by atoms with Gasteiger partial charge in [-0.05, 0) is 33.0 Å². The first-order valence-corrected chi connectivity index (χ1v) is 5.90. The second kappa shape index (κ2) is 6.20. The SMILES string of the molecule is CC(C)N(C)CCNc1cccc(N)c1[N+](=O)[O-]. The second-order valence-electron chi connectivity index (χ2n) is 4.50. The molecule has 1 rings (SSSR count). The van der Waals surface area contributed by atoms with Gasteiger partial charge in [-0.1, -0.05) is 6.07 Å². The van der Waals surface area contributed by atoms with E-state index in [1.54, 1.807) is 12.1 Å². The van der Waals surface area contributed by atoms with Crippen LogP contribution >= 0.6 is 0 Å². The van der Waals surface area contributed by atoms with E-state index in [-0.39, 0.29) is 11.4 Å². The molecule has 0 atom stereocenters. The molecule has 0 heterocycles. The number of nitrogens with one attached hydrogen (secondary N) is 1. The van der Waals surface area contributed by atoms with Crippen molar-refractivity contribution in [2.75, 3.05) is 31.2 Å². The van der Waals surface area contributed by atoms with Gasteiger partial charge in [-0.3, -0.25) is 10.1 Å². The van der Waals surface area contributed by atoms with Crippen LogP contribution in [0.4, 0.5) is 17.1 Å². The van der Waals surface area contributed by atoms with Crippen molar-refractivity contribution in [2.45, 2.75) is 19.9 Å². The summed E-state index contributed by atoms with van der Waals surface area (Å²) in [7, 11) is 2.01. The van der Waals surface area contributed by atoms with Gasteiger partial charge in [0.2, 0.25) is 0 Å². The number of likely N-dealkylation sites (N-methyl/N-ethyl adjacent to an activating group) is 1. The number of nitro benzene ring substituents is 1. The molecule has 0 unspecified atom stereocenters. The molecule has 6 heteroatoms. The van der Waals surface area contributed by atoms with E-state index in [4.69, 9.17) is 5.73 Å². The van der Waals surface area contributed by atoms with Crippen molar-refractivity contribution in [3.63, 3.8) is 0 Å². The Hall–Kier alpha value is -1.82. The zero-order chi connectivity index (χ0) is 13.7. The number of anilines is 2. The quantitative estimate of drug-likeness (QED) is 0.459. The molecule has 0 fully saturated rings. The van der Waals surface area contributed by atoms with Gasteiger partial charge in [0.05, 0.1) is 4.92 Å². The lowest BCUT2D eigenvalue weighted by molar-refractivity contribution is -0.383. The molecule has 0 aliphatic heterocycles. The second-order valence-corrected chi connectivity index (χ2v) is 4.50. The van der Waals surface area contributed by atoms with Crippen LogP contribution in [0.2, 0.25) is 0 Å². The highest BCUT2D eigenvalue weighted by Crippen LogP contribution is 2.30. The van der Waals surface area contributed by atoms with Crippen LogP contribution in [0.1, 0.15) is 13.8 Å². The molecule has 0 saturated carbocycles. The summed E-state index contributed by atoms with van der Waals surface area (Å²) in [5.74, 6) is 0. The molecule has 100 valence electrons. The molecule has 3 N–H and O–H groups in total. The van der Waals surface area contributed by atoms with Gasteiger partial charge in [0, 0.05) is 19.1 Å². The van der Waals surface area contributed by atoms with Crippen LogP contribution < -0.4 is 11.1 Å². The Morgan fingerprint density at radius 3 is 2.72 bits per heavy atom. The lowest BCUT2D eigenvalue weighted by Crippen LogP contribution is -2.31. The Kier molecular flexibility index (Phi) is 4.91. The zero-order valence-electron chi connectivity index (χ0n) is 11.0. The first-order chi connectivity index (χ1) is 8.43. The maximum absolute atomic E-state index is 10.9. The summed E-state index contributed by atoms with van der Waals surface area (Å²) >= 11 is 0. The fraction of sp³-hybridized carbons (Fsp3) is 0.500. The highest BCUT2D eigenvalue weighted by molar-refractivity contribution is 5.74. The molecule has 0 bridgehead atoms. The van der Waals surface area contributed by atoms with E-state index in [2.05, 4.69) is 24.1 Å². The number of rotatable bonds is 6. The van der Waals surface area contributed by atoms with Gasteiger partial charge >= 0.3 is 5.69 Å². The Bertz CT molecular complexity index is 421. The van der Waals surface area contributed by atoms with Crippen molar-refractivity contribution < 1.29 is 4.92 Å². The van der Waals surface area contributed by atoms with Crippen molar-refractivity contribution in [1.82, 2.24) is 4.90 Å². The van der Waals surface area contributed by atoms with Gasteiger partial charge in [-0.25, -0.2) is 0 Å². The topological polar surface area (TPSA) is 84.4 Å². The maximum atomic E-state index is 10.9. The normalized spacial score (nSPS) is 10.9. The van der Waals surface area contributed by atoms with Gasteiger partial charge in [0.1, 0.15) is 11.4 Å². The number of nitrogens with two attached hydrogens (primary N) is 1. The minimum absolute atomic E-state index is 0.0512. The first kappa shape index (κ1) is 14.2. The lowest BCUT2D eigenvalue weighted by atomic mass is 10.2. The number of nitrogen functional groups attached to an aromatic ring is 1. The highest BCUT2D eigenvalue weighted by atomic mass is 16.6. The van der Waals surface area contributed by atoms with Crippen LogP contribution in [0.15, 0.2) is 18.2 Å². The maximum Gasteiger partial charge on any atom is 0.314 e. The molecule has 0 saturated heterocycles. The molecule has 1 aromatic rings. The summed E-state index contributed by atoms with van der Waals surface area (Å²) in [6.07, 6.45) is 0. The molecule has 0 radical (unpaired) electrons. The largest absolute Gasteiger partial charge is 0.393 e. The first-order valence-electron chi connectivity index (χ1n) is 5.90. The third-order valence-corrected chi connectivity index (χ3v) is 2.91. The van der Waals surface area contributed by atoms with Gasteiger partial charge in [-0.2, -0.15) is 0 Å². The molecule has 0 aromatic heterocycles. The molecule has 18 heavy (non-hydrogen) atoms. The van der Waals surface area contributed by atoms with Crippen LogP contribution in [-0.4, -0.2) is 36.0 Å². The zero-order valence-corrected chi connectivity index (χ0v) is 11.0. The van der Waals surface area contributed by atoms with Crippen molar-refractivity contribution in [1.29, 1.82) is 0 Å². The van der Waals surface area contributed by atoms with E-state index in [9.17, 15) is 10.1 Å². The Morgan fingerprint density at radius 1 is 1.50 bits per heavy atom. The van der Waals surface area contributed by atoms with Crippen molar-refractivity contribution >= 4 is 17.1 Å². The molecule has 0 spiro atoms.